The van der Waals surface area contributed by atoms with Crippen LogP contribution in [0.3, 0.4) is 0 Å². The fourth-order valence-corrected chi connectivity index (χ4v) is 3.46. The first kappa shape index (κ1) is 23.2. The predicted molar refractivity (Wildman–Crippen MR) is 112 cm³/mol. The number of aliphatic imine (C=N–C) groups is 1. The van der Waals surface area contributed by atoms with Crippen LogP contribution in [0.15, 0.2) is 34.4 Å². The number of nitrogens with zero attached hydrogens (tertiary/aromatic N) is 3. The zero-order valence-corrected chi connectivity index (χ0v) is 18.0. The number of aromatic nitrogens is 1. The lowest BCUT2D eigenvalue weighted by molar-refractivity contribution is -0.137. The summed E-state index contributed by atoms with van der Waals surface area (Å²) in [4.78, 5) is 22.8. The van der Waals surface area contributed by atoms with Crippen LogP contribution in [-0.2, 0) is 6.18 Å². The molecule has 0 aliphatic carbocycles. The zero-order valence-electron chi connectivity index (χ0n) is 16.5. The lowest BCUT2D eigenvalue weighted by Crippen LogP contribution is -2.14. The van der Waals surface area contributed by atoms with E-state index in [0.29, 0.717) is 11.8 Å². The third-order valence-corrected chi connectivity index (χ3v) is 5.62. The maximum Gasteiger partial charge on any atom is 0.417 e. The quantitative estimate of drug-likeness (QED) is 0.229. The molecule has 0 aliphatic heterocycles. The van der Waals surface area contributed by atoms with Gasteiger partial charge in [-0.05, 0) is 50.1 Å². The van der Waals surface area contributed by atoms with Gasteiger partial charge in [-0.2, -0.15) is 13.2 Å². The molecule has 0 saturated heterocycles. The van der Waals surface area contributed by atoms with Crippen molar-refractivity contribution in [3.05, 3.63) is 51.7 Å². The van der Waals surface area contributed by atoms with Gasteiger partial charge in [0.2, 0.25) is 0 Å². The van der Waals surface area contributed by atoms with Gasteiger partial charge in [-0.15, -0.1) is 0 Å². The third kappa shape index (κ3) is 6.21. The normalized spacial score (nSPS) is 11.9. The van der Waals surface area contributed by atoms with Crippen LogP contribution >= 0.6 is 23.4 Å². The fourth-order valence-electron chi connectivity index (χ4n) is 2.38. The van der Waals surface area contributed by atoms with Gasteiger partial charge in [0.05, 0.1) is 28.4 Å². The molecule has 156 valence electrons. The molecule has 2 aromatic rings. The van der Waals surface area contributed by atoms with Crippen LogP contribution in [0.1, 0.15) is 34.0 Å². The summed E-state index contributed by atoms with van der Waals surface area (Å²) >= 11 is 6.91. The summed E-state index contributed by atoms with van der Waals surface area (Å²) in [6.07, 6.45) is -2.06. The molecular weight excluding hydrogens is 423 g/mol. The zero-order chi connectivity index (χ0) is 21.8. The molecular formula is C20H21ClF3N3OS. The average molecular weight is 444 g/mol. The van der Waals surface area contributed by atoms with E-state index in [4.69, 9.17) is 11.6 Å². The molecule has 0 bridgehead atoms. The molecule has 9 heteroatoms. The number of alkyl halides is 3. The number of rotatable bonds is 7. The van der Waals surface area contributed by atoms with Crippen molar-refractivity contribution in [3.63, 3.8) is 0 Å². The topological polar surface area (TPSA) is 45.6 Å². The van der Waals surface area contributed by atoms with Crippen molar-refractivity contribution >= 4 is 41.2 Å². The molecule has 0 atom stereocenters. The lowest BCUT2D eigenvalue weighted by Gasteiger charge is -2.12. The van der Waals surface area contributed by atoms with Crippen LogP contribution < -0.4 is 0 Å². The highest BCUT2D eigenvalue weighted by atomic mass is 35.5. The minimum atomic E-state index is -4.51. The summed E-state index contributed by atoms with van der Waals surface area (Å²) in [6.45, 7) is 6.54. The van der Waals surface area contributed by atoms with Crippen molar-refractivity contribution in [1.82, 2.24) is 9.88 Å². The first-order valence-corrected chi connectivity index (χ1v) is 10.1. The number of hydrogen-bond donors (Lipinski definition) is 0. The maximum absolute atomic E-state index is 12.7. The molecule has 0 N–H and O–H groups in total. The van der Waals surface area contributed by atoms with Crippen LogP contribution in [0.5, 0.6) is 0 Å². The second kappa shape index (κ2) is 9.63. The molecule has 29 heavy (non-hydrogen) atoms. The summed E-state index contributed by atoms with van der Waals surface area (Å²) in [5.74, 6) is -0.144. The molecule has 0 aliphatic rings. The Hall–Kier alpha value is -2.06. The second-order valence-corrected chi connectivity index (χ2v) is 7.86. The Labute approximate surface area is 177 Å². The van der Waals surface area contributed by atoms with Crippen LogP contribution in [-0.4, -0.2) is 41.4 Å². The fraction of sp³-hybridized carbons (Fsp3) is 0.350. The third-order valence-electron chi connectivity index (χ3n) is 4.21. The van der Waals surface area contributed by atoms with E-state index in [0.717, 1.165) is 41.2 Å². The van der Waals surface area contributed by atoms with E-state index in [1.807, 2.05) is 38.8 Å². The summed E-state index contributed by atoms with van der Waals surface area (Å²) in [5, 5.41) is 0.0569. The molecule has 0 saturated carbocycles. The van der Waals surface area contributed by atoms with Crippen molar-refractivity contribution in [1.29, 1.82) is 0 Å². The largest absolute Gasteiger partial charge is 0.417 e. The Morgan fingerprint density at radius 2 is 1.97 bits per heavy atom. The number of ketones is 1. The molecule has 1 aromatic carbocycles. The Balaban J connectivity index is 2.13. The van der Waals surface area contributed by atoms with Gasteiger partial charge < -0.3 is 4.90 Å². The Kier molecular flexibility index (Phi) is 7.71. The monoisotopic (exact) mass is 443 g/mol. The smallest absolute Gasteiger partial charge is 0.366 e. The van der Waals surface area contributed by atoms with Crippen LogP contribution in [0.25, 0.3) is 0 Å². The highest BCUT2D eigenvalue weighted by Crippen LogP contribution is 2.34. The molecule has 0 radical (unpaired) electrons. The van der Waals surface area contributed by atoms with Crippen molar-refractivity contribution in [2.45, 2.75) is 32.0 Å². The molecule has 2 rings (SSSR count). The molecule has 0 unspecified atom stereocenters. The summed E-state index contributed by atoms with van der Waals surface area (Å²) in [6, 6.07) is 4.44. The predicted octanol–water partition coefficient (Wildman–Crippen LogP) is 5.96. The molecule has 1 aromatic heterocycles. The number of pyridine rings is 1. The number of benzene rings is 1. The summed E-state index contributed by atoms with van der Waals surface area (Å²) in [5.41, 5.74) is 2.03. The minimum Gasteiger partial charge on any atom is -0.366 e. The Morgan fingerprint density at radius 1 is 1.28 bits per heavy atom. The van der Waals surface area contributed by atoms with Crippen molar-refractivity contribution in [2.24, 2.45) is 4.99 Å². The standard InChI is InChI=1S/C20H21ClF3N3OS/c1-5-27(4)11-26-17-7-12(2)15(6-13(17)3)18(28)10-29-19-16(21)8-14(9-25-19)20(22,23)24/h6-9,11H,5,10H2,1-4H3/b26-11-. The van der Waals surface area contributed by atoms with Gasteiger partial charge in [-0.25, -0.2) is 9.98 Å². The Bertz CT molecular complexity index is 932. The number of thioether (sulfide) groups is 1. The number of carbonyl (C=O) groups excluding carboxylic acids is 1. The average Bonchev–Trinajstić information content (AvgIpc) is 2.65. The van der Waals surface area contributed by atoms with E-state index >= 15 is 0 Å². The van der Waals surface area contributed by atoms with Crippen molar-refractivity contribution < 1.29 is 18.0 Å². The van der Waals surface area contributed by atoms with E-state index in [1.165, 1.54) is 0 Å². The number of hydrogen-bond acceptors (Lipinski definition) is 4. The first-order valence-electron chi connectivity index (χ1n) is 8.77. The van der Waals surface area contributed by atoms with Gasteiger partial charge in [0.1, 0.15) is 5.03 Å². The van der Waals surface area contributed by atoms with Crippen molar-refractivity contribution in [2.75, 3.05) is 19.3 Å². The summed E-state index contributed by atoms with van der Waals surface area (Å²) in [7, 11) is 1.92. The molecule has 0 amide bonds. The van der Waals surface area contributed by atoms with Crippen LogP contribution in [0.2, 0.25) is 5.02 Å². The van der Waals surface area contributed by atoms with E-state index in [9.17, 15) is 18.0 Å². The number of halogens is 4. The Morgan fingerprint density at radius 3 is 2.55 bits per heavy atom. The van der Waals surface area contributed by atoms with E-state index < -0.39 is 11.7 Å². The molecule has 0 fully saturated rings. The van der Waals surface area contributed by atoms with E-state index in [-0.39, 0.29) is 21.6 Å². The number of aryl methyl sites for hydroxylation is 2. The number of carbonyl (C=O) groups is 1. The minimum absolute atomic E-state index is 0.0134. The van der Waals surface area contributed by atoms with Crippen LogP contribution in [0.4, 0.5) is 18.9 Å². The SMILES string of the molecule is CCN(C)/C=N\c1cc(C)c(C(=O)CSc2ncc(C(F)(F)F)cc2Cl)cc1C. The highest BCUT2D eigenvalue weighted by Gasteiger charge is 2.31. The number of Topliss-reactive ketones (excluding diaryl/α,β-unsaturated/α-hetero) is 1. The maximum atomic E-state index is 12.7. The molecule has 4 nitrogen and oxygen atoms in total. The first-order chi connectivity index (χ1) is 13.5. The van der Waals surface area contributed by atoms with Crippen molar-refractivity contribution in [3.8, 4) is 0 Å². The highest BCUT2D eigenvalue weighted by molar-refractivity contribution is 8.00. The van der Waals surface area contributed by atoms with E-state index in [2.05, 4.69) is 9.98 Å². The molecule has 1 heterocycles. The van der Waals surface area contributed by atoms with Gasteiger partial charge in [0.25, 0.3) is 0 Å². The van der Waals surface area contributed by atoms with Gasteiger partial charge in [-0.3, -0.25) is 4.79 Å². The van der Waals surface area contributed by atoms with Gasteiger partial charge >= 0.3 is 6.18 Å². The van der Waals surface area contributed by atoms with Gasteiger partial charge in [0.15, 0.2) is 5.78 Å². The van der Waals surface area contributed by atoms with E-state index in [1.54, 1.807) is 12.4 Å². The molecule has 0 spiro atoms. The second-order valence-electron chi connectivity index (χ2n) is 6.49. The lowest BCUT2D eigenvalue weighted by atomic mass is 10.0. The van der Waals surface area contributed by atoms with Gasteiger partial charge in [0, 0.05) is 25.4 Å². The summed E-state index contributed by atoms with van der Waals surface area (Å²) < 4.78 is 38.1. The van der Waals surface area contributed by atoms with Gasteiger partial charge in [-0.1, -0.05) is 23.4 Å². The van der Waals surface area contributed by atoms with Crippen LogP contribution in [0, 0.1) is 13.8 Å².